The summed E-state index contributed by atoms with van der Waals surface area (Å²) in [5, 5.41) is 3.19. The van der Waals surface area contributed by atoms with Crippen LogP contribution in [0.5, 0.6) is 0 Å². The maximum absolute atomic E-state index is 13.1. The number of anilines is 1. The zero-order valence-corrected chi connectivity index (χ0v) is 19.9. The molecule has 168 valence electrons. The third-order valence-corrected chi connectivity index (χ3v) is 7.70. The summed E-state index contributed by atoms with van der Waals surface area (Å²) >= 11 is 1.70. The zero-order chi connectivity index (χ0) is 22.6. The molecule has 0 aliphatic carbocycles. The van der Waals surface area contributed by atoms with Crippen LogP contribution >= 0.6 is 11.3 Å². The van der Waals surface area contributed by atoms with Crippen molar-refractivity contribution in [2.24, 2.45) is 5.92 Å². The van der Waals surface area contributed by atoms with E-state index in [1.807, 2.05) is 13.0 Å². The van der Waals surface area contributed by atoms with Crippen molar-refractivity contribution in [3.63, 3.8) is 0 Å². The van der Waals surface area contributed by atoms with Gasteiger partial charge in [-0.1, -0.05) is 48.5 Å². The van der Waals surface area contributed by atoms with Gasteiger partial charge in [0.05, 0.1) is 12.1 Å². The Hall–Kier alpha value is -3.05. The average Bonchev–Trinajstić information content (AvgIpc) is 3.50. The fourth-order valence-corrected chi connectivity index (χ4v) is 5.68. The normalized spacial score (nSPS) is 16.9. The molecule has 0 amide bonds. The highest BCUT2D eigenvalue weighted by Gasteiger charge is 2.29. The van der Waals surface area contributed by atoms with E-state index in [1.54, 1.807) is 11.3 Å². The molecule has 2 aliphatic rings. The number of nitrogens with zero attached hydrogens (tertiary/aromatic N) is 3. The van der Waals surface area contributed by atoms with E-state index in [-0.39, 0.29) is 5.92 Å². The van der Waals surface area contributed by atoms with E-state index in [4.69, 9.17) is 0 Å². The predicted octanol–water partition coefficient (Wildman–Crippen LogP) is 5.23. The van der Waals surface area contributed by atoms with E-state index in [0.717, 1.165) is 49.8 Å². The van der Waals surface area contributed by atoms with Crippen molar-refractivity contribution < 1.29 is 9.37 Å². The van der Waals surface area contributed by atoms with Gasteiger partial charge in [0.15, 0.2) is 18.2 Å². The summed E-state index contributed by atoms with van der Waals surface area (Å²) in [7, 11) is 0. The molecule has 33 heavy (non-hydrogen) atoms. The number of hydrogen-bond donors (Lipinski definition) is 0. The Morgan fingerprint density at radius 1 is 1.03 bits per heavy atom. The first-order chi connectivity index (χ1) is 16.2. The van der Waals surface area contributed by atoms with Crippen LogP contribution in [0.2, 0.25) is 0 Å². The van der Waals surface area contributed by atoms with Crippen LogP contribution in [-0.2, 0) is 4.79 Å². The quantitative estimate of drug-likeness (QED) is 0.457. The summed E-state index contributed by atoms with van der Waals surface area (Å²) in [6, 6.07) is 21.1. The number of aromatic nitrogens is 1. The molecule has 0 spiro atoms. The number of carbonyl (C=O) groups excluding carboxylic acids is 1. The second kappa shape index (κ2) is 9.84. The van der Waals surface area contributed by atoms with Crippen molar-refractivity contribution in [2.75, 3.05) is 31.1 Å². The molecule has 3 heterocycles. The summed E-state index contributed by atoms with van der Waals surface area (Å²) in [6.45, 7) is 5.50. The molecule has 0 atom stereocenters. The first-order valence-corrected chi connectivity index (χ1v) is 12.7. The fourth-order valence-electron chi connectivity index (χ4n) is 4.82. The molecule has 2 aliphatic heterocycles. The summed E-state index contributed by atoms with van der Waals surface area (Å²) in [4.78, 5) is 20.1. The molecule has 5 rings (SSSR count). The Morgan fingerprint density at radius 2 is 1.70 bits per heavy atom. The number of allylic oxidation sites excluding steroid dienone is 1. The molecule has 1 aromatic heterocycles. The number of benzene rings is 2. The third-order valence-electron chi connectivity index (χ3n) is 6.68. The average molecular weight is 457 g/mol. The minimum atomic E-state index is 0.173. The van der Waals surface area contributed by atoms with Gasteiger partial charge in [-0.25, -0.2) is 9.56 Å². The smallest absolute Gasteiger partial charge is 0.208 e. The summed E-state index contributed by atoms with van der Waals surface area (Å²) in [5.41, 5.74) is 6.07. The second-order valence-electron chi connectivity index (χ2n) is 8.96. The monoisotopic (exact) mass is 456 g/mol. The van der Waals surface area contributed by atoms with E-state index in [1.165, 1.54) is 22.4 Å². The number of hydrogen-bond acceptors (Lipinski definition) is 4. The highest BCUT2D eigenvalue weighted by molar-refractivity contribution is 7.13. The van der Waals surface area contributed by atoms with Crippen LogP contribution in [0.3, 0.4) is 0 Å². The van der Waals surface area contributed by atoms with Crippen LogP contribution < -0.4 is 4.90 Å². The lowest BCUT2D eigenvalue weighted by Crippen LogP contribution is -2.37. The molecule has 0 radical (unpaired) electrons. The Bertz CT molecular complexity index is 1170. The largest absolute Gasteiger partial charge is 0.348 e. The maximum Gasteiger partial charge on any atom is 0.208 e. The number of rotatable bonds is 7. The second-order valence-corrected chi connectivity index (χ2v) is 9.79. The minimum Gasteiger partial charge on any atom is -0.348 e. The SMILES string of the molecule is Cc1csc(N2CCC(C(=O)CC[N+]3=C(c4ccccc4)C=C(c4ccccc4)C3)CC2)n1. The first-order valence-electron chi connectivity index (χ1n) is 11.8. The van der Waals surface area contributed by atoms with Gasteiger partial charge in [-0.3, -0.25) is 4.79 Å². The number of aryl methyl sites for hydroxylation is 1. The van der Waals surface area contributed by atoms with Crippen molar-refractivity contribution in [2.45, 2.75) is 26.2 Å². The maximum atomic E-state index is 13.1. The molecule has 4 nitrogen and oxygen atoms in total. The van der Waals surface area contributed by atoms with Gasteiger partial charge in [-0.05, 0) is 37.5 Å². The van der Waals surface area contributed by atoms with Crippen LogP contribution in [0.1, 0.15) is 36.1 Å². The van der Waals surface area contributed by atoms with Crippen LogP contribution in [0, 0.1) is 12.8 Å². The molecule has 1 saturated heterocycles. The van der Waals surface area contributed by atoms with Crippen molar-refractivity contribution in [3.05, 3.63) is 88.9 Å². The van der Waals surface area contributed by atoms with Gasteiger partial charge in [0.2, 0.25) is 5.71 Å². The molecule has 0 saturated carbocycles. The highest BCUT2D eigenvalue weighted by Crippen LogP contribution is 2.27. The van der Waals surface area contributed by atoms with Gasteiger partial charge in [0, 0.05) is 41.6 Å². The molecular weight excluding hydrogens is 426 g/mol. The lowest BCUT2D eigenvalue weighted by molar-refractivity contribution is -0.510. The van der Waals surface area contributed by atoms with E-state index < -0.39 is 0 Å². The Labute approximate surface area is 199 Å². The van der Waals surface area contributed by atoms with Crippen LogP contribution in [0.25, 0.3) is 5.57 Å². The number of ketones is 1. The van der Waals surface area contributed by atoms with Crippen LogP contribution in [-0.4, -0.2) is 47.2 Å². The number of Topliss-reactive ketones (excluding diaryl/α,β-unsaturated/α-hetero) is 1. The Kier molecular flexibility index (Phi) is 6.49. The van der Waals surface area contributed by atoms with E-state index in [9.17, 15) is 4.79 Å². The molecule has 2 aromatic carbocycles. The summed E-state index contributed by atoms with van der Waals surface area (Å²) < 4.78 is 2.38. The van der Waals surface area contributed by atoms with Gasteiger partial charge >= 0.3 is 0 Å². The molecule has 0 bridgehead atoms. The first kappa shape index (κ1) is 21.8. The molecule has 0 N–H and O–H groups in total. The van der Waals surface area contributed by atoms with Gasteiger partial charge in [0.25, 0.3) is 0 Å². The highest BCUT2D eigenvalue weighted by atomic mass is 32.1. The molecular formula is C28H30N3OS+. The molecule has 1 fully saturated rings. The molecule has 5 heteroatoms. The summed E-state index contributed by atoms with van der Waals surface area (Å²) in [5.74, 6) is 0.581. The Morgan fingerprint density at radius 3 is 2.33 bits per heavy atom. The lowest BCUT2D eigenvalue weighted by atomic mass is 9.91. The van der Waals surface area contributed by atoms with Gasteiger partial charge in [0.1, 0.15) is 5.78 Å². The zero-order valence-electron chi connectivity index (χ0n) is 19.1. The standard InChI is InChI=1S/C28H30N3OS/c1-21-20-33-28(29-21)30-15-12-24(13-16-30)27(32)14-17-31-19-25(22-8-4-2-5-9-22)18-26(31)23-10-6-3-7-11-23/h2-11,18,20,24H,12-17,19H2,1H3/q+1. The number of thiazole rings is 1. The van der Waals surface area contributed by atoms with Crippen molar-refractivity contribution in [3.8, 4) is 0 Å². The van der Waals surface area contributed by atoms with Crippen molar-refractivity contribution in [1.82, 2.24) is 4.98 Å². The van der Waals surface area contributed by atoms with Crippen LogP contribution in [0.4, 0.5) is 5.13 Å². The fraction of sp³-hybridized carbons (Fsp3) is 0.321. The van der Waals surface area contributed by atoms with Crippen LogP contribution in [0.15, 0.2) is 72.1 Å². The number of piperidine rings is 1. The topological polar surface area (TPSA) is 36.2 Å². The molecule has 0 unspecified atom stereocenters. The number of carbonyl (C=O) groups is 1. The lowest BCUT2D eigenvalue weighted by Gasteiger charge is -2.30. The van der Waals surface area contributed by atoms with E-state index >= 15 is 0 Å². The van der Waals surface area contributed by atoms with Crippen molar-refractivity contribution >= 4 is 33.5 Å². The third kappa shape index (κ3) is 4.98. The van der Waals surface area contributed by atoms with Gasteiger partial charge < -0.3 is 4.90 Å². The van der Waals surface area contributed by atoms with Gasteiger partial charge in [-0.15, -0.1) is 11.3 Å². The predicted molar refractivity (Wildman–Crippen MR) is 136 cm³/mol. The van der Waals surface area contributed by atoms with Crippen molar-refractivity contribution in [1.29, 1.82) is 0 Å². The molecule has 3 aromatic rings. The van der Waals surface area contributed by atoms with Gasteiger partial charge in [-0.2, -0.15) is 0 Å². The van der Waals surface area contributed by atoms with E-state index in [2.05, 4.69) is 80.5 Å². The minimum absolute atomic E-state index is 0.173. The van der Waals surface area contributed by atoms with E-state index in [0.29, 0.717) is 12.2 Å². The summed E-state index contributed by atoms with van der Waals surface area (Å²) in [6.07, 6.45) is 4.76. The Balaban J connectivity index is 1.24.